The van der Waals surface area contributed by atoms with Crippen molar-refractivity contribution in [3.63, 3.8) is 0 Å². The Bertz CT molecular complexity index is 463. The number of carboxylic acid groups (broad SMARTS) is 1. The highest BCUT2D eigenvalue weighted by atomic mass is 16.4. The highest BCUT2D eigenvalue weighted by molar-refractivity contribution is 5.94. The molecule has 1 amide bonds. The van der Waals surface area contributed by atoms with Crippen LogP contribution in [0.1, 0.15) is 26.2 Å². The monoisotopic (exact) mass is 263 g/mol. The number of hydrogen-bond donors (Lipinski definition) is 2. The quantitative estimate of drug-likeness (QED) is 0.859. The van der Waals surface area contributed by atoms with Crippen molar-refractivity contribution in [3.8, 4) is 0 Å². The number of carbonyl (C=O) groups excluding carboxylic acids is 1. The van der Waals surface area contributed by atoms with Crippen LogP contribution >= 0.6 is 0 Å². The maximum Gasteiger partial charge on any atom is 0.307 e. The summed E-state index contributed by atoms with van der Waals surface area (Å²) in [5.41, 5.74) is 0. The van der Waals surface area contributed by atoms with Crippen LogP contribution in [0, 0.1) is 17.8 Å². The van der Waals surface area contributed by atoms with Crippen LogP contribution in [0.25, 0.3) is 0 Å². The summed E-state index contributed by atoms with van der Waals surface area (Å²) >= 11 is 0. The number of nitrogens with zero attached hydrogens (tertiary/aromatic N) is 2. The molecular formula is C13H17N3O3. The molecule has 1 aliphatic rings. The first-order valence-electron chi connectivity index (χ1n) is 6.43. The third-order valence-corrected chi connectivity index (χ3v) is 3.72. The lowest BCUT2D eigenvalue weighted by molar-refractivity contribution is -0.145. The van der Waals surface area contributed by atoms with E-state index in [0.717, 1.165) is 6.42 Å². The van der Waals surface area contributed by atoms with Crippen LogP contribution in [0.5, 0.6) is 0 Å². The Labute approximate surface area is 111 Å². The number of hydrogen-bond acceptors (Lipinski definition) is 4. The lowest BCUT2D eigenvalue weighted by Gasteiger charge is -2.14. The van der Waals surface area contributed by atoms with Gasteiger partial charge in [-0.1, -0.05) is 13.3 Å². The Balaban J connectivity index is 2.07. The van der Waals surface area contributed by atoms with Gasteiger partial charge in [0.1, 0.15) is 0 Å². The van der Waals surface area contributed by atoms with Gasteiger partial charge in [-0.25, -0.2) is 0 Å². The van der Waals surface area contributed by atoms with E-state index in [-0.39, 0.29) is 5.91 Å². The molecule has 1 aromatic rings. The zero-order valence-corrected chi connectivity index (χ0v) is 10.7. The molecule has 1 aromatic heterocycles. The van der Waals surface area contributed by atoms with E-state index in [0.29, 0.717) is 24.6 Å². The van der Waals surface area contributed by atoms with Gasteiger partial charge >= 0.3 is 5.97 Å². The minimum absolute atomic E-state index is 0.274. The molecule has 0 radical (unpaired) electrons. The first kappa shape index (κ1) is 13.5. The number of rotatable bonds is 4. The second-order valence-electron chi connectivity index (χ2n) is 4.90. The Morgan fingerprint density at radius 2 is 2.16 bits per heavy atom. The van der Waals surface area contributed by atoms with Crippen molar-refractivity contribution < 1.29 is 14.7 Å². The SMILES string of the molecule is CCC1C[C@H](C(=O)Nc2cccnn2)[C@H](C(=O)O)C1. The Kier molecular flexibility index (Phi) is 4.09. The Hall–Kier alpha value is -1.98. The van der Waals surface area contributed by atoms with Crippen molar-refractivity contribution in [1.82, 2.24) is 10.2 Å². The summed E-state index contributed by atoms with van der Waals surface area (Å²) in [5.74, 6) is -1.58. The molecule has 3 atom stereocenters. The average Bonchev–Trinajstić information content (AvgIpc) is 2.84. The van der Waals surface area contributed by atoms with Gasteiger partial charge in [0.05, 0.1) is 11.8 Å². The predicted molar refractivity (Wildman–Crippen MR) is 68.3 cm³/mol. The van der Waals surface area contributed by atoms with Gasteiger partial charge in [-0.05, 0) is 30.9 Å². The van der Waals surface area contributed by atoms with Crippen LogP contribution in [-0.4, -0.2) is 27.2 Å². The zero-order valence-electron chi connectivity index (χ0n) is 10.7. The standard InChI is InChI=1S/C13H17N3O3/c1-2-8-6-9(10(7-8)13(18)19)12(17)15-11-4-3-5-14-16-11/h3-5,8-10H,2,6-7H2,1H3,(H,18,19)(H,15,16,17)/t8?,9-,10+/m0/s1. The lowest BCUT2D eigenvalue weighted by Crippen LogP contribution is -2.30. The fourth-order valence-corrected chi connectivity index (χ4v) is 2.63. The van der Waals surface area contributed by atoms with Crippen molar-refractivity contribution in [3.05, 3.63) is 18.3 Å². The molecule has 0 aromatic carbocycles. The van der Waals surface area contributed by atoms with E-state index in [1.54, 1.807) is 12.1 Å². The minimum atomic E-state index is -0.893. The fraction of sp³-hybridized carbons (Fsp3) is 0.538. The summed E-state index contributed by atoms with van der Waals surface area (Å²) in [4.78, 5) is 23.4. The molecule has 1 unspecified atom stereocenters. The van der Waals surface area contributed by atoms with Crippen LogP contribution in [0.4, 0.5) is 5.82 Å². The minimum Gasteiger partial charge on any atom is -0.481 e. The summed E-state index contributed by atoms with van der Waals surface area (Å²) in [7, 11) is 0. The molecule has 19 heavy (non-hydrogen) atoms. The fourth-order valence-electron chi connectivity index (χ4n) is 2.63. The van der Waals surface area contributed by atoms with E-state index in [2.05, 4.69) is 15.5 Å². The van der Waals surface area contributed by atoms with Gasteiger partial charge in [-0.2, -0.15) is 5.10 Å². The van der Waals surface area contributed by atoms with Crippen molar-refractivity contribution >= 4 is 17.7 Å². The summed E-state index contributed by atoms with van der Waals surface area (Å²) in [5, 5.41) is 19.3. The highest BCUT2D eigenvalue weighted by Gasteiger charge is 2.42. The molecule has 1 saturated carbocycles. The molecule has 6 nitrogen and oxygen atoms in total. The Morgan fingerprint density at radius 3 is 2.74 bits per heavy atom. The molecule has 1 heterocycles. The average molecular weight is 263 g/mol. The summed E-state index contributed by atoms with van der Waals surface area (Å²) in [6.45, 7) is 2.02. The van der Waals surface area contributed by atoms with E-state index in [9.17, 15) is 14.7 Å². The third-order valence-electron chi connectivity index (χ3n) is 3.72. The van der Waals surface area contributed by atoms with Crippen LogP contribution in [0.15, 0.2) is 18.3 Å². The molecule has 6 heteroatoms. The maximum absolute atomic E-state index is 12.1. The van der Waals surface area contributed by atoms with Crippen LogP contribution < -0.4 is 5.32 Å². The third kappa shape index (κ3) is 3.07. The second-order valence-corrected chi connectivity index (χ2v) is 4.90. The van der Waals surface area contributed by atoms with Crippen molar-refractivity contribution in [2.24, 2.45) is 17.8 Å². The van der Waals surface area contributed by atoms with Gasteiger partial charge in [-0.15, -0.1) is 5.10 Å². The number of anilines is 1. The number of amides is 1. The predicted octanol–water partition coefficient (Wildman–Crippen LogP) is 1.55. The topological polar surface area (TPSA) is 92.2 Å². The first-order chi connectivity index (χ1) is 9.11. The van der Waals surface area contributed by atoms with Crippen molar-refractivity contribution in [2.75, 3.05) is 5.32 Å². The van der Waals surface area contributed by atoms with Gasteiger partial charge < -0.3 is 10.4 Å². The second kappa shape index (κ2) is 5.77. The summed E-state index contributed by atoms with van der Waals surface area (Å²) in [6.07, 6.45) is 3.61. The molecule has 1 aliphatic carbocycles. The van der Waals surface area contributed by atoms with Crippen molar-refractivity contribution in [1.29, 1.82) is 0 Å². The molecule has 2 N–H and O–H groups in total. The van der Waals surface area contributed by atoms with Gasteiger partial charge in [0.25, 0.3) is 0 Å². The Morgan fingerprint density at radius 1 is 1.42 bits per heavy atom. The number of aromatic nitrogens is 2. The molecule has 2 rings (SSSR count). The van der Waals surface area contributed by atoms with E-state index in [1.807, 2.05) is 6.92 Å². The summed E-state index contributed by atoms with van der Waals surface area (Å²) in [6, 6.07) is 3.30. The molecule has 0 spiro atoms. The normalized spacial score (nSPS) is 26.1. The van der Waals surface area contributed by atoms with E-state index in [4.69, 9.17) is 0 Å². The zero-order chi connectivity index (χ0) is 13.8. The van der Waals surface area contributed by atoms with Gasteiger partial charge in [0.2, 0.25) is 5.91 Å². The highest BCUT2D eigenvalue weighted by Crippen LogP contribution is 2.38. The number of nitrogens with one attached hydrogen (secondary N) is 1. The molecule has 1 fully saturated rings. The van der Waals surface area contributed by atoms with Crippen LogP contribution in [0.3, 0.4) is 0 Å². The summed E-state index contributed by atoms with van der Waals surface area (Å²) < 4.78 is 0. The molecule has 102 valence electrons. The lowest BCUT2D eigenvalue weighted by atomic mass is 9.95. The number of aliphatic carboxylic acids is 1. The van der Waals surface area contributed by atoms with Crippen LogP contribution in [-0.2, 0) is 9.59 Å². The van der Waals surface area contributed by atoms with Crippen molar-refractivity contribution in [2.45, 2.75) is 26.2 Å². The number of carbonyl (C=O) groups is 2. The van der Waals surface area contributed by atoms with E-state index < -0.39 is 17.8 Å². The molecule has 0 aliphatic heterocycles. The molecular weight excluding hydrogens is 246 g/mol. The van der Waals surface area contributed by atoms with Gasteiger partial charge in [0.15, 0.2) is 5.82 Å². The largest absolute Gasteiger partial charge is 0.481 e. The first-order valence-corrected chi connectivity index (χ1v) is 6.43. The van der Waals surface area contributed by atoms with Crippen LogP contribution in [0.2, 0.25) is 0 Å². The smallest absolute Gasteiger partial charge is 0.307 e. The van der Waals surface area contributed by atoms with E-state index in [1.165, 1.54) is 6.20 Å². The maximum atomic E-state index is 12.1. The van der Waals surface area contributed by atoms with Gasteiger partial charge in [-0.3, -0.25) is 9.59 Å². The number of carboxylic acids is 1. The molecule has 0 bridgehead atoms. The van der Waals surface area contributed by atoms with E-state index >= 15 is 0 Å². The van der Waals surface area contributed by atoms with Gasteiger partial charge in [0, 0.05) is 6.20 Å². The molecule has 0 saturated heterocycles.